The average Bonchev–Trinajstić information content (AvgIpc) is 3.38. The Morgan fingerprint density at radius 2 is 2.22 bits per heavy atom. The van der Waals surface area contributed by atoms with Gasteiger partial charge in [-0.2, -0.15) is 4.98 Å². The Balaban J connectivity index is 1.28. The van der Waals surface area contributed by atoms with Gasteiger partial charge in [0.25, 0.3) is 5.91 Å². The Morgan fingerprint density at radius 1 is 1.33 bits per heavy atom. The van der Waals surface area contributed by atoms with Gasteiger partial charge in [-0.1, -0.05) is 11.2 Å². The molecule has 4 aromatic rings. The number of nitrogens with zero attached hydrogens (tertiary/aromatic N) is 3. The molecule has 0 atom stereocenters. The number of carbonyl (C=O) groups excluding carboxylic acids is 1. The summed E-state index contributed by atoms with van der Waals surface area (Å²) in [7, 11) is 1.62. The van der Waals surface area contributed by atoms with Gasteiger partial charge in [0.05, 0.1) is 17.9 Å². The van der Waals surface area contributed by atoms with Crippen molar-refractivity contribution in [2.75, 3.05) is 20.2 Å². The molecule has 1 saturated heterocycles. The third-order valence-corrected chi connectivity index (χ3v) is 5.63. The van der Waals surface area contributed by atoms with E-state index < -0.39 is 0 Å². The van der Waals surface area contributed by atoms with E-state index in [4.69, 9.17) is 9.26 Å². The van der Waals surface area contributed by atoms with Crippen molar-refractivity contribution in [3.05, 3.63) is 53.4 Å². The lowest BCUT2D eigenvalue weighted by molar-refractivity contribution is 0.0564. The number of fused-ring (bicyclic) bond motifs is 1. The van der Waals surface area contributed by atoms with Gasteiger partial charge in [0, 0.05) is 30.1 Å². The number of aromatic amines is 1. The van der Waals surface area contributed by atoms with Crippen LogP contribution in [0.4, 0.5) is 0 Å². The highest BCUT2D eigenvalue weighted by molar-refractivity contribution is 7.13. The molecule has 1 amide bonds. The van der Waals surface area contributed by atoms with Crippen LogP contribution in [0.3, 0.4) is 0 Å². The Labute approximate surface area is 158 Å². The fraction of sp³-hybridized carbons (Fsp3) is 0.211. The Bertz CT molecular complexity index is 1110. The topological polar surface area (TPSA) is 84.2 Å². The Morgan fingerprint density at radius 3 is 3.00 bits per heavy atom. The maximum Gasteiger partial charge on any atom is 0.270 e. The number of carbonyl (C=O) groups is 1. The second-order valence-electron chi connectivity index (χ2n) is 6.48. The predicted molar refractivity (Wildman–Crippen MR) is 101 cm³/mol. The molecule has 0 aliphatic carbocycles. The number of thiophene rings is 1. The first-order chi connectivity index (χ1) is 13.2. The van der Waals surface area contributed by atoms with Crippen LogP contribution in [-0.2, 0) is 0 Å². The molecule has 136 valence electrons. The molecular formula is C19H16N4O3S. The molecule has 4 heterocycles. The summed E-state index contributed by atoms with van der Waals surface area (Å²) in [5.74, 6) is 2.00. The number of hydrogen-bond acceptors (Lipinski definition) is 6. The number of likely N-dealkylation sites (tertiary alicyclic amines) is 1. The number of nitrogens with one attached hydrogen (secondary N) is 1. The van der Waals surface area contributed by atoms with Crippen molar-refractivity contribution in [3.63, 3.8) is 0 Å². The summed E-state index contributed by atoms with van der Waals surface area (Å²) in [6, 6.07) is 11.5. The highest BCUT2D eigenvalue weighted by Gasteiger charge is 2.36. The van der Waals surface area contributed by atoms with E-state index in [9.17, 15) is 4.79 Å². The first-order valence-corrected chi connectivity index (χ1v) is 9.43. The monoisotopic (exact) mass is 380 g/mol. The second kappa shape index (κ2) is 6.24. The lowest BCUT2D eigenvalue weighted by Gasteiger charge is -2.36. The summed E-state index contributed by atoms with van der Waals surface area (Å²) < 4.78 is 10.6. The van der Waals surface area contributed by atoms with Crippen LogP contribution >= 0.6 is 11.3 Å². The molecule has 5 rings (SSSR count). The molecule has 8 heteroatoms. The predicted octanol–water partition coefficient (Wildman–Crippen LogP) is 3.53. The van der Waals surface area contributed by atoms with Gasteiger partial charge in [0.1, 0.15) is 11.4 Å². The van der Waals surface area contributed by atoms with Crippen LogP contribution in [0, 0.1) is 0 Å². The van der Waals surface area contributed by atoms with E-state index in [1.807, 2.05) is 41.8 Å². The highest BCUT2D eigenvalue weighted by Crippen LogP contribution is 2.30. The lowest BCUT2D eigenvalue weighted by Crippen LogP contribution is -2.48. The molecule has 0 saturated carbocycles. The molecule has 1 aliphatic rings. The zero-order valence-electron chi connectivity index (χ0n) is 14.5. The first-order valence-electron chi connectivity index (χ1n) is 8.55. The summed E-state index contributed by atoms with van der Waals surface area (Å²) in [4.78, 5) is 23.1. The van der Waals surface area contributed by atoms with Crippen molar-refractivity contribution in [3.8, 4) is 16.5 Å². The molecule has 0 spiro atoms. The largest absolute Gasteiger partial charge is 0.497 e. The first kappa shape index (κ1) is 16.1. The van der Waals surface area contributed by atoms with Crippen molar-refractivity contribution >= 4 is 28.1 Å². The van der Waals surface area contributed by atoms with E-state index in [1.54, 1.807) is 23.3 Å². The number of aromatic nitrogens is 3. The van der Waals surface area contributed by atoms with E-state index in [0.717, 1.165) is 21.5 Å². The molecule has 1 fully saturated rings. The molecule has 1 aromatic carbocycles. The van der Waals surface area contributed by atoms with E-state index in [0.29, 0.717) is 30.5 Å². The zero-order chi connectivity index (χ0) is 18.4. The van der Waals surface area contributed by atoms with Crippen LogP contribution in [0.1, 0.15) is 22.3 Å². The van der Waals surface area contributed by atoms with Crippen LogP contribution < -0.4 is 4.74 Å². The van der Waals surface area contributed by atoms with E-state index in [2.05, 4.69) is 15.1 Å². The summed E-state index contributed by atoms with van der Waals surface area (Å²) in [5.41, 5.74) is 1.45. The summed E-state index contributed by atoms with van der Waals surface area (Å²) in [6.07, 6.45) is 0. The molecule has 1 aliphatic heterocycles. The fourth-order valence-electron chi connectivity index (χ4n) is 3.23. The van der Waals surface area contributed by atoms with Crippen LogP contribution in [0.5, 0.6) is 5.75 Å². The van der Waals surface area contributed by atoms with Gasteiger partial charge < -0.3 is 19.1 Å². The third-order valence-electron chi connectivity index (χ3n) is 4.76. The van der Waals surface area contributed by atoms with Gasteiger partial charge in [-0.05, 0) is 29.6 Å². The summed E-state index contributed by atoms with van der Waals surface area (Å²) >= 11 is 1.57. The van der Waals surface area contributed by atoms with Crippen LogP contribution in [0.15, 0.2) is 46.3 Å². The van der Waals surface area contributed by atoms with Crippen LogP contribution in [0.2, 0.25) is 0 Å². The lowest BCUT2D eigenvalue weighted by atomic mass is 9.99. The molecule has 0 unspecified atom stereocenters. The molecular weight excluding hydrogens is 364 g/mol. The van der Waals surface area contributed by atoms with E-state index in [-0.39, 0.29) is 11.8 Å². The maximum absolute atomic E-state index is 12.7. The van der Waals surface area contributed by atoms with Gasteiger partial charge in [-0.15, -0.1) is 11.3 Å². The number of hydrogen-bond donors (Lipinski definition) is 1. The van der Waals surface area contributed by atoms with E-state index in [1.165, 1.54) is 0 Å². The molecule has 0 radical (unpaired) electrons. The smallest absolute Gasteiger partial charge is 0.270 e. The van der Waals surface area contributed by atoms with Crippen molar-refractivity contribution in [2.45, 2.75) is 5.92 Å². The van der Waals surface area contributed by atoms with Crippen LogP contribution in [-0.4, -0.2) is 46.1 Å². The number of benzene rings is 1. The van der Waals surface area contributed by atoms with Crippen molar-refractivity contribution in [1.29, 1.82) is 0 Å². The Kier molecular flexibility index (Phi) is 3.71. The normalized spacial score (nSPS) is 14.5. The quantitative estimate of drug-likeness (QED) is 0.585. The van der Waals surface area contributed by atoms with Crippen LogP contribution in [0.25, 0.3) is 21.6 Å². The molecule has 7 nitrogen and oxygen atoms in total. The number of ether oxygens (including phenoxy) is 1. The third kappa shape index (κ3) is 2.78. The Hall–Kier alpha value is -3.13. The number of methoxy groups -OCH3 is 1. The number of H-pyrrole nitrogens is 1. The van der Waals surface area contributed by atoms with Gasteiger partial charge in [0.2, 0.25) is 11.7 Å². The number of amides is 1. The molecule has 3 aromatic heterocycles. The van der Waals surface area contributed by atoms with Gasteiger partial charge in [-0.25, -0.2) is 0 Å². The van der Waals surface area contributed by atoms with Crippen molar-refractivity contribution < 1.29 is 14.1 Å². The minimum Gasteiger partial charge on any atom is -0.497 e. The minimum atomic E-state index is -0.0283. The fourth-order valence-corrected chi connectivity index (χ4v) is 3.88. The molecule has 1 N–H and O–H groups in total. The second-order valence-corrected chi connectivity index (χ2v) is 7.42. The van der Waals surface area contributed by atoms with Gasteiger partial charge in [-0.3, -0.25) is 4.79 Å². The van der Waals surface area contributed by atoms with Crippen molar-refractivity contribution in [1.82, 2.24) is 20.0 Å². The summed E-state index contributed by atoms with van der Waals surface area (Å²) in [5, 5.41) is 7.00. The molecule has 27 heavy (non-hydrogen) atoms. The number of rotatable bonds is 4. The average molecular weight is 380 g/mol. The maximum atomic E-state index is 12.7. The highest BCUT2D eigenvalue weighted by atomic mass is 32.1. The standard InChI is InChI=1S/C19H16N4O3S/c1-25-13-5-4-11-7-15(20-14(11)8-13)19(24)23-9-12(10-23)18-21-17(22-26-18)16-3-2-6-27-16/h2-8,12,20H,9-10H2,1H3. The van der Waals surface area contributed by atoms with E-state index >= 15 is 0 Å². The zero-order valence-corrected chi connectivity index (χ0v) is 15.3. The van der Waals surface area contributed by atoms with Gasteiger partial charge in [0.15, 0.2) is 0 Å². The van der Waals surface area contributed by atoms with Crippen molar-refractivity contribution in [2.24, 2.45) is 0 Å². The SMILES string of the molecule is COc1ccc2cc(C(=O)N3CC(c4nc(-c5cccs5)no4)C3)[nH]c2c1. The summed E-state index contributed by atoms with van der Waals surface area (Å²) in [6.45, 7) is 1.15. The molecule has 0 bridgehead atoms. The van der Waals surface area contributed by atoms with Gasteiger partial charge >= 0.3 is 0 Å². The minimum absolute atomic E-state index is 0.0283.